The van der Waals surface area contributed by atoms with Crippen LogP contribution in [0.5, 0.6) is 0 Å². The molecule has 1 N–H and O–H groups in total. The number of carbonyl (C=O) groups excluding carboxylic acids is 1. The van der Waals surface area contributed by atoms with Gasteiger partial charge in [-0.2, -0.15) is 0 Å². The molecule has 6 heteroatoms. The van der Waals surface area contributed by atoms with Crippen LogP contribution in [-0.4, -0.2) is 24.8 Å². The van der Waals surface area contributed by atoms with Crippen molar-refractivity contribution in [2.75, 3.05) is 7.11 Å². The monoisotopic (exact) mass is 238 g/mol. The maximum Gasteiger partial charge on any atom is 0.287 e. The normalized spacial score (nSPS) is 18.5. The molecule has 1 aromatic rings. The van der Waals surface area contributed by atoms with Crippen LogP contribution in [0.15, 0.2) is 29.4 Å². The molecule has 1 amide bonds. The van der Waals surface area contributed by atoms with Gasteiger partial charge in [0.15, 0.2) is 0 Å². The average Bonchev–Trinajstić information content (AvgIpc) is 2.78. The fraction of sp³-hybridized carbons (Fsp3) is 0.273. The lowest BCUT2D eigenvalue weighted by molar-refractivity contribution is -0.141. The first-order valence-electron chi connectivity index (χ1n) is 5.02. The van der Waals surface area contributed by atoms with Crippen molar-refractivity contribution in [1.29, 1.82) is 0 Å². The molecule has 1 aliphatic rings. The molecule has 17 heavy (non-hydrogen) atoms. The Morgan fingerprint density at radius 2 is 2.47 bits per heavy atom. The molecule has 0 aromatic heterocycles. The summed E-state index contributed by atoms with van der Waals surface area (Å²) in [5.41, 5.74) is 3.31. The van der Waals surface area contributed by atoms with Crippen LogP contribution in [0.4, 0.5) is 4.39 Å². The first-order valence-corrected chi connectivity index (χ1v) is 5.02. The highest BCUT2D eigenvalue weighted by atomic mass is 19.1. The quantitative estimate of drug-likeness (QED) is 0.799. The number of benzene rings is 1. The van der Waals surface area contributed by atoms with Crippen LogP contribution in [-0.2, 0) is 14.5 Å². The minimum atomic E-state index is -0.729. The molecule has 0 spiro atoms. The van der Waals surface area contributed by atoms with Gasteiger partial charge in [0.2, 0.25) is 6.10 Å². The summed E-state index contributed by atoms with van der Waals surface area (Å²) in [5, 5.41) is 3.77. The molecule has 0 fully saturated rings. The van der Waals surface area contributed by atoms with E-state index in [9.17, 15) is 9.18 Å². The Hall–Kier alpha value is -1.95. The molecule has 90 valence electrons. The Morgan fingerprint density at radius 3 is 3.18 bits per heavy atom. The van der Waals surface area contributed by atoms with Crippen LogP contribution >= 0.6 is 0 Å². The molecule has 0 radical (unpaired) electrons. The van der Waals surface area contributed by atoms with E-state index in [0.29, 0.717) is 17.7 Å². The molecule has 0 aliphatic carbocycles. The first-order chi connectivity index (χ1) is 8.20. The van der Waals surface area contributed by atoms with Gasteiger partial charge in [0.1, 0.15) is 5.82 Å². The fourth-order valence-electron chi connectivity index (χ4n) is 1.52. The number of hydrogen-bond acceptors (Lipinski definition) is 4. The van der Waals surface area contributed by atoms with Crippen molar-refractivity contribution in [3.63, 3.8) is 0 Å². The maximum absolute atomic E-state index is 13.0. The van der Waals surface area contributed by atoms with Crippen molar-refractivity contribution in [2.45, 2.75) is 12.5 Å². The summed E-state index contributed by atoms with van der Waals surface area (Å²) in [4.78, 5) is 20.8. The van der Waals surface area contributed by atoms with Crippen molar-refractivity contribution >= 4 is 11.6 Å². The maximum atomic E-state index is 13.0. The van der Waals surface area contributed by atoms with Gasteiger partial charge in [-0.05, 0) is 12.1 Å². The lowest BCUT2D eigenvalue weighted by Gasteiger charge is -2.06. The number of amides is 1. The van der Waals surface area contributed by atoms with Crippen molar-refractivity contribution < 1.29 is 18.9 Å². The summed E-state index contributed by atoms with van der Waals surface area (Å²) < 4.78 is 13.0. The Balaban J connectivity index is 2.05. The molecule has 1 aliphatic heterocycles. The molecular weight excluding hydrogens is 227 g/mol. The third-order valence-electron chi connectivity index (χ3n) is 2.32. The topological polar surface area (TPSA) is 59.9 Å². The van der Waals surface area contributed by atoms with E-state index in [1.54, 1.807) is 12.1 Å². The Bertz CT molecular complexity index is 462. The third-order valence-corrected chi connectivity index (χ3v) is 2.32. The van der Waals surface area contributed by atoms with Crippen LogP contribution in [0, 0.1) is 5.82 Å². The molecule has 0 bridgehead atoms. The van der Waals surface area contributed by atoms with Crippen LogP contribution in [0.25, 0.3) is 0 Å². The van der Waals surface area contributed by atoms with Crippen molar-refractivity contribution in [2.24, 2.45) is 5.16 Å². The Labute approximate surface area is 97.2 Å². The average molecular weight is 238 g/mol. The zero-order valence-electron chi connectivity index (χ0n) is 9.14. The minimum absolute atomic E-state index is 0.290. The molecule has 1 heterocycles. The highest BCUT2D eigenvalue weighted by Crippen LogP contribution is 2.17. The summed E-state index contributed by atoms with van der Waals surface area (Å²) in [5.74, 6) is -0.766. The predicted octanol–water partition coefficient (Wildman–Crippen LogP) is 0.996. The highest BCUT2D eigenvalue weighted by molar-refractivity contribution is 6.03. The highest BCUT2D eigenvalue weighted by Gasteiger charge is 2.28. The molecule has 0 saturated carbocycles. The van der Waals surface area contributed by atoms with E-state index in [-0.39, 0.29) is 5.82 Å². The van der Waals surface area contributed by atoms with Crippen LogP contribution in [0.1, 0.15) is 12.0 Å². The lowest BCUT2D eigenvalue weighted by atomic mass is 10.0. The van der Waals surface area contributed by atoms with Crippen LogP contribution < -0.4 is 5.48 Å². The van der Waals surface area contributed by atoms with E-state index in [1.807, 2.05) is 0 Å². The van der Waals surface area contributed by atoms with E-state index in [2.05, 4.69) is 15.5 Å². The molecule has 0 saturated heterocycles. The first kappa shape index (κ1) is 11.5. The standard InChI is InChI=1S/C11H11FN2O3/c1-16-14-11(15)10-6-9(13-17-10)7-3-2-4-8(12)5-7/h2-5,10H,6H2,1H3,(H,14,15)/t10-/m1/s1. The number of carbonyl (C=O) groups is 1. The van der Waals surface area contributed by atoms with Gasteiger partial charge in [0.25, 0.3) is 5.91 Å². The smallest absolute Gasteiger partial charge is 0.287 e. The van der Waals surface area contributed by atoms with Crippen LogP contribution in [0.2, 0.25) is 0 Å². The fourth-order valence-corrected chi connectivity index (χ4v) is 1.52. The van der Waals surface area contributed by atoms with Gasteiger partial charge in [0.05, 0.1) is 12.8 Å². The largest absolute Gasteiger partial charge is 0.382 e. The lowest BCUT2D eigenvalue weighted by Crippen LogP contribution is -2.33. The molecule has 5 nitrogen and oxygen atoms in total. The van der Waals surface area contributed by atoms with Gasteiger partial charge >= 0.3 is 0 Å². The van der Waals surface area contributed by atoms with E-state index in [0.717, 1.165) is 0 Å². The molecular formula is C11H11FN2O3. The molecule has 2 rings (SSSR count). The minimum Gasteiger partial charge on any atom is -0.382 e. The molecule has 1 atom stereocenters. The van der Waals surface area contributed by atoms with Gasteiger partial charge in [-0.25, -0.2) is 9.87 Å². The van der Waals surface area contributed by atoms with E-state index in [4.69, 9.17) is 4.84 Å². The molecule has 1 aromatic carbocycles. The zero-order chi connectivity index (χ0) is 12.3. The second kappa shape index (κ2) is 4.92. The molecule has 0 unspecified atom stereocenters. The van der Waals surface area contributed by atoms with Gasteiger partial charge < -0.3 is 4.84 Å². The van der Waals surface area contributed by atoms with Gasteiger partial charge in [-0.3, -0.25) is 9.63 Å². The summed E-state index contributed by atoms with van der Waals surface area (Å²) >= 11 is 0. The number of hydrogen-bond donors (Lipinski definition) is 1. The number of nitrogens with zero attached hydrogens (tertiary/aromatic N) is 1. The predicted molar refractivity (Wildman–Crippen MR) is 57.6 cm³/mol. The second-order valence-corrected chi connectivity index (χ2v) is 3.52. The number of halogens is 1. The summed E-state index contributed by atoms with van der Waals surface area (Å²) in [6.45, 7) is 0. The van der Waals surface area contributed by atoms with Crippen LogP contribution in [0.3, 0.4) is 0 Å². The second-order valence-electron chi connectivity index (χ2n) is 3.52. The summed E-state index contributed by atoms with van der Waals surface area (Å²) in [7, 11) is 1.33. The van der Waals surface area contributed by atoms with Gasteiger partial charge in [-0.1, -0.05) is 17.3 Å². The van der Waals surface area contributed by atoms with Gasteiger partial charge in [0, 0.05) is 12.0 Å². The van der Waals surface area contributed by atoms with Crippen molar-refractivity contribution in [3.05, 3.63) is 35.6 Å². The number of nitrogens with one attached hydrogen (secondary N) is 1. The number of hydroxylamine groups is 1. The zero-order valence-corrected chi connectivity index (χ0v) is 9.14. The Morgan fingerprint density at radius 1 is 1.65 bits per heavy atom. The third kappa shape index (κ3) is 2.59. The number of rotatable bonds is 3. The van der Waals surface area contributed by atoms with E-state index in [1.165, 1.54) is 19.2 Å². The van der Waals surface area contributed by atoms with Crippen molar-refractivity contribution in [1.82, 2.24) is 5.48 Å². The van der Waals surface area contributed by atoms with Crippen molar-refractivity contribution in [3.8, 4) is 0 Å². The number of oxime groups is 1. The summed E-state index contributed by atoms with van der Waals surface area (Å²) in [6.07, 6.45) is -0.438. The van der Waals surface area contributed by atoms with Gasteiger partial charge in [-0.15, -0.1) is 0 Å². The Kier molecular flexibility index (Phi) is 3.34. The summed E-state index contributed by atoms with van der Waals surface area (Å²) in [6, 6.07) is 5.98. The van der Waals surface area contributed by atoms with E-state index >= 15 is 0 Å². The SMILES string of the molecule is CONC(=O)[C@H]1CC(c2cccc(F)c2)=NO1. The van der Waals surface area contributed by atoms with E-state index < -0.39 is 12.0 Å².